The first-order valence-electron chi connectivity index (χ1n) is 5.56. The SMILES string of the molecule is CN1CCN(c2ccc(C=NN)cc2)CC1. The van der Waals surface area contributed by atoms with Crippen molar-refractivity contribution in [2.24, 2.45) is 10.9 Å². The van der Waals surface area contributed by atoms with Crippen LogP contribution in [0.15, 0.2) is 29.4 Å². The van der Waals surface area contributed by atoms with Crippen molar-refractivity contribution in [1.29, 1.82) is 0 Å². The van der Waals surface area contributed by atoms with Crippen LogP contribution in [0.1, 0.15) is 5.56 Å². The summed E-state index contributed by atoms with van der Waals surface area (Å²) in [6.45, 7) is 4.46. The van der Waals surface area contributed by atoms with Crippen molar-refractivity contribution >= 4 is 11.9 Å². The van der Waals surface area contributed by atoms with Crippen molar-refractivity contribution in [3.63, 3.8) is 0 Å². The fourth-order valence-electron chi connectivity index (χ4n) is 1.92. The van der Waals surface area contributed by atoms with Crippen molar-refractivity contribution < 1.29 is 0 Å². The van der Waals surface area contributed by atoms with Crippen LogP contribution >= 0.6 is 0 Å². The first-order valence-corrected chi connectivity index (χ1v) is 5.56. The number of anilines is 1. The fraction of sp³-hybridized carbons (Fsp3) is 0.417. The van der Waals surface area contributed by atoms with Gasteiger partial charge in [-0.3, -0.25) is 0 Å². The minimum atomic E-state index is 1.04. The molecule has 0 aliphatic carbocycles. The van der Waals surface area contributed by atoms with Crippen LogP contribution in [0, 0.1) is 0 Å². The Labute approximate surface area is 96.3 Å². The van der Waals surface area contributed by atoms with Gasteiger partial charge in [-0.15, -0.1) is 0 Å². The average Bonchev–Trinajstić information content (AvgIpc) is 2.32. The molecular formula is C12H18N4. The molecule has 1 aliphatic heterocycles. The molecule has 0 radical (unpaired) electrons. The van der Waals surface area contributed by atoms with Gasteiger partial charge in [0.1, 0.15) is 0 Å². The zero-order valence-corrected chi connectivity index (χ0v) is 9.63. The topological polar surface area (TPSA) is 44.9 Å². The normalized spacial score (nSPS) is 18.2. The smallest absolute Gasteiger partial charge is 0.0538 e. The molecule has 0 saturated carbocycles. The second-order valence-electron chi connectivity index (χ2n) is 4.16. The molecule has 1 aromatic carbocycles. The number of piperazine rings is 1. The fourth-order valence-corrected chi connectivity index (χ4v) is 1.92. The molecule has 0 unspecified atom stereocenters. The highest BCUT2D eigenvalue weighted by Gasteiger charge is 2.13. The van der Waals surface area contributed by atoms with Gasteiger partial charge in [0, 0.05) is 31.9 Å². The van der Waals surface area contributed by atoms with Crippen LogP contribution in [0.3, 0.4) is 0 Å². The summed E-state index contributed by atoms with van der Waals surface area (Å²) in [4.78, 5) is 4.76. The van der Waals surface area contributed by atoms with Crippen molar-refractivity contribution in [3.8, 4) is 0 Å². The van der Waals surface area contributed by atoms with Gasteiger partial charge in [-0.1, -0.05) is 12.1 Å². The van der Waals surface area contributed by atoms with E-state index in [1.807, 2.05) is 12.1 Å². The Morgan fingerprint density at radius 2 is 1.75 bits per heavy atom. The molecule has 4 nitrogen and oxygen atoms in total. The van der Waals surface area contributed by atoms with Gasteiger partial charge < -0.3 is 15.6 Å². The number of hydrazone groups is 1. The highest BCUT2D eigenvalue weighted by Crippen LogP contribution is 2.16. The molecule has 16 heavy (non-hydrogen) atoms. The van der Waals surface area contributed by atoms with E-state index in [9.17, 15) is 0 Å². The van der Waals surface area contributed by atoms with Crippen molar-refractivity contribution in [3.05, 3.63) is 29.8 Å². The molecule has 1 aromatic rings. The van der Waals surface area contributed by atoms with Crippen LogP contribution in [0.25, 0.3) is 0 Å². The zero-order chi connectivity index (χ0) is 11.4. The van der Waals surface area contributed by atoms with E-state index >= 15 is 0 Å². The molecular weight excluding hydrogens is 200 g/mol. The van der Waals surface area contributed by atoms with Gasteiger partial charge in [0.15, 0.2) is 0 Å². The maximum Gasteiger partial charge on any atom is 0.0538 e. The molecule has 1 aliphatic rings. The van der Waals surface area contributed by atoms with E-state index in [0.29, 0.717) is 0 Å². The highest BCUT2D eigenvalue weighted by molar-refractivity contribution is 5.80. The van der Waals surface area contributed by atoms with Gasteiger partial charge in [-0.2, -0.15) is 5.10 Å². The second kappa shape index (κ2) is 4.99. The predicted molar refractivity (Wildman–Crippen MR) is 67.9 cm³/mol. The molecule has 1 saturated heterocycles. The van der Waals surface area contributed by atoms with Crippen LogP contribution in [-0.4, -0.2) is 44.3 Å². The summed E-state index contributed by atoms with van der Waals surface area (Å²) < 4.78 is 0. The van der Waals surface area contributed by atoms with Crippen molar-refractivity contribution in [1.82, 2.24) is 4.90 Å². The number of nitrogens with two attached hydrogens (primary N) is 1. The Hall–Kier alpha value is -1.55. The molecule has 0 spiro atoms. The monoisotopic (exact) mass is 218 g/mol. The summed E-state index contributed by atoms with van der Waals surface area (Å²) in [5.41, 5.74) is 2.32. The van der Waals surface area contributed by atoms with Crippen LogP contribution in [0.5, 0.6) is 0 Å². The van der Waals surface area contributed by atoms with E-state index < -0.39 is 0 Å². The van der Waals surface area contributed by atoms with E-state index in [1.165, 1.54) is 5.69 Å². The third kappa shape index (κ3) is 2.52. The van der Waals surface area contributed by atoms with Crippen LogP contribution in [0.4, 0.5) is 5.69 Å². The summed E-state index contributed by atoms with van der Waals surface area (Å²) in [7, 11) is 2.16. The minimum absolute atomic E-state index is 1.04. The number of likely N-dealkylation sites (N-methyl/N-ethyl adjacent to an activating group) is 1. The Bertz CT molecular complexity index is 350. The predicted octanol–water partition coefficient (Wildman–Crippen LogP) is 0.731. The van der Waals surface area contributed by atoms with E-state index in [-0.39, 0.29) is 0 Å². The summed E-state index contributed by atoms with van der Waals surface area (Å²) in [5.74, 6) is 5.11. The summed E-state index contributed by atoms with van der Waals surface area (Å²) in [5, 5.41) is 3.51. The minimum Gasteiger partial charge on any atom is -0.369 e. The largest absolute Gasteiger partial charge is 0.369 e. The van der Waals surface area contributed by atoms with Crippen LogP contribution < -0.4 is 10.7 Å². The molecule has 2 N–H and O–H groups in total. The lowest BCUT2D eigenvalue weighted by atomic mass is 10.2. The van der Waals surface area contributed by atoms with Gasteiger partial charge in [-0.05, 0) is 24.7 Å². The molecule has 0 bridgehead atoms. The first-order chi connectivity index (χ1) is 7.79. The molecule has 4 heteroatoms. The number of benzene rings is 1. The maximum absolute atomic E-state index is 5.11. The molecule has 86 valence electrons. The number of hydrogen-bond acceptors (Lipinski definition) is 4. The van der Waals surface area contributed by atoms with Crippen LogP contribution in [0.2, 0.25) is 0 Å². The lowest BCUT2D eigenvalue weighted by Gasteiger charge is -2.34. The van der Waals surface area contributed by atoms with Gasteiger partial charge in [0.05, 0.1) is 6.21 Å². The molecule has 2 rings (SSSR count). The second-order valence-corrected chi connectivity index (χ2v) is 4.16. The van der Waals surface area contributed by atoms with E-state index in [4.69, 9.17) is 5.84 Å². The van der Waals surface area contributed by atoms with Gasteiger partial charge in [0.25, 0.3) is 0 Å². The summed E-state index contributed by atoms with van der Waals surface area (Å²) >= 11 is 0. The van der Waals surface area contributed by atoms with Crippen molar-refractivity contribution in [2.75, 3.05) is 38.1 Å². The molecule has 0 amide bonds. The van der Waals surface area contributed by atoms with E-state index in [0.717, 1.165) is 31.7 Å². The lowest BCUT2D eigenvalue weighted by molar-refractivity contribution is 0.313. The number of nitrogens with zero attached hydrogens (tertiary/aromatic N) is 3. The number of hydrogen-bond donors (Lipinski definition) is 1. The molecule has 0 aromatic heterocycles. The molecule has 1 fully saturated rings. The Balaban J connectivity index is 2.04. The maximum atomic E-state index is 5.11. The van der Waals surface area contributed by atoms with E-state index in [2.05, 4.69) is 34.1 Å². The Morgan fingerprint density at radius 3 is 2.31 bits per heavy atom. The Kier molecular flexibility index (Phi) is 3.41. The zero-order valence-electron chi connectivity index (χ0n) is 9.63. The van der Waals surface area contributed by atoms with Gasteiger partial charge in [-0.25, -0.2) is 0 Å². The van der Waals surface area contributed by atoms with Gasteiger partial charge in [0.2, 0.25) is 0 Å². The summed E-state index contributed by atoms with van der Waals surface area (Å²) in [6.07, 6.45) is 1.66. The van der Waals surface area contributed by atoms with Gasteiger partial charge >= 0.3 is 0 Å². The third-order valence-electron chi connectivity index (χ3n) is 2.99. The standard InChI is InChI=1S/C12H18N4/c1-15-6-8-16(9-7-15)12-4-2-11(3-5-12)10-14-13/h2-5,10H,6-9,13H2,1H3. The third-order valence-corrected chi connectivity index (χ3v) is 2.99. The average molecular weight is 218 g/mol. The Morgan fingerprint density at radius 1 is 1.12 bits per heavy atom. The van der Waals surface area contributed by atoms with E-state index in [1.54, 1.807) is 6.21 Å². The first kappa shape index (κ1) is 11.0. The number of rotatable bonds is 2. The lowest BCUT2D eigenvalue weighted by Crippen LogP contribution is -2.44. The quantitative estimate of drug-likeness (QED) is 0.452. The van der Waals surface area contributed by atoms with Crippen molar-refractivity contribution in [2.45, 2.75) is 0 Å². The van der Waals surface area contributed by atoms with Crippen LogP contribution in [-0.2, 0) is 0 Å². The molecule has 0 atom stereocenters. The summed E-state index contributed by atoms with van der Waals surface area (Å²) in [6, 6.07) is 8.35. The highest BCUT2D eigenvalue weighted by atomic mass is 15.2. The molecule has 1 heterocycles.